The van der Waals surface area contributed by atoms with Crippen molar-refractivity contribution in [2.75, 3.05) is 7.11 Å². The molecule has 1 aromatic carbocycles. The first-order valence-corrected chi connectivity index (χ1v) is 5.04. The summed E-state index contributed by atoms with van der Waals surface area (Å²) in [6.07, 6.45) is 1.10. The quantitative estimate of drug-likeness (QED) is 0.753. The number of benzene rings is 1. The summed E-state index contributed by atoms with van der Waals surface area (Å²) in [6.45, 7) is 0. The van der Waals surface area contributed by atoms with Gasteiger partial charge in [0.15, 0.2) is 0 Å². The zero-order chi connectivity index (χ0) is 11.1. The number of aliphatic hydroxyl groups is 1. The summed E-state index contributed by atoms with van der Waals surface area (Å²) in [4.78, 5) is 10.8. The zero-order valence-corrected chi connectivity index (χ0v) is 8.85. The third kappa shape index (κ3) is 4.13. The van der Waals surface area contributed by atoms with Crippen molar-refractivity contribution in [1.29, 1.82) is 0 Å². The van der Waals surface area contributed by atoms with E-state index in [1.807, 2.05) is 30.3 Å². The van der Waals surface area contributed by atoms with Gasteiger partial charge in [0.2, 0.25) is 0 Å². The van der Waals surface area contributed by atoms with E-state index in [0.717, 1.165) is 5.56 Å². The molecule has 0 aliphatic carbocycles. The molecule has 1 rings (SSSR count). The minimum absolute atomic E-state index is 0.227. The third-order valence-corrected chi connectivity index (χ3v) is 2.27. The normalized spacial score (nSPS) is 12.1. The van der Waals surface area contributed by atoms with Gasteiger partial charge in [-0.3, -0.25) is 4.79 Å². The van der Waals surface area contributed by atoms with Crippen molar-refractivity contribution in [3.8, 4) is 0 Å². The Labute approximate surface area is 89.7 Å². The Bertz CT molecular complexity index is 295. The molecule has 0 saturated carbocycles. The predicted octanol–water partition coefficient (Wildman–Crippen LogP) is 2.06. The Balaban J connectivity index is 2.31. The summed E-state index contributed by atoms with van der Waals surface area (Å²) in [5.74, 6) is -0.227. The summed E-state index contributed by atoms with van der Waals surface area (Å²) in [5, 5.41) is 9.75. The molecule has 0 saturated heterocycles. The number of hydrogen-bond donors (Lipinski definition) is 1. The number of carbonyl (C=O) groups is 1. The molecule has 0 bridgehead atoms. The standard InChI is InChI=1S/C12H16O3/c1-15-12(14)9-5-8-11(13)10-6-3-2-4-7-10/h2-4,6-7,11,13H,5,8-9H2,1H3/t11-/m0/s1. The van der Waals surface area contributed by atoms with Crippen molar-refractivity contribution >= 4 is 5.97 Å². The minimum Gasteiger partial charge on any atom is -0.469 e. The van der Waals surface area contributed by atoms with E-state index in [4.69, 9.17) is 0 Å². The second-order valence-corrected chi connectivity index (χ2v) is 3.39. The van der Waals surface area contributed by atoms with Crippen LogP contribution in [-0.2, 0) is 9.53 Å². The van der Waals surface area contributed by atoms with Gasteiger partial charge in [-0.15, -0.1) is 0 Å². The summed E-state index contributed by atoms with van der Waals surface area (Å²) >= 11 is 0. The van der Waals surface area contributed by atoms with E-state index in [9.17, 15) is 9.90 Å². The van der Waals surface area contributed by atoms with Crippen molar-refractivity contribution in [2.24, 2.45) is 0 Å². The van der Waals surface area contributed by atoms with E-state index in [2.05, 4.69) is 4.74 Å². The Morgan fingerprint density at radius 2 is 2.07 bits per heavy atom. The maximum absolute atomic E-state index is 10.8. The molecule has 0 aliphatic rings. The summed E-state index contributed by atoms with van der Waals surface area (Å²) in [6, 6.07) is 9.44. The Morgan fingerprint density at radius 3 is 2.67 bits per heavy atom. The molecule has 0 aliphatic heterocycles. The van der Waals surface area contributed by atoms with Crippen molar-refractivity contribution in [3.05, 3.63) is 35.9 Å². The van der Waals surface area contributed by atoms with Crippen LogP contribution in [0.2, 0.25) is 0 Å². The highest BCUT2D eigenvalue weighted by molar-refractivity contribution is 5.68. The lowest BCUT2D eigenvalue weighted by Crippen LogP contribution is -2.02. The monoisotopic (exact) mass is 208 g/mol. The van der Waals surface area contributed by atoms with Crippen LogP contribution >= 0.6 is 0 Å². The number of rotatable bonds is 5. The molecular formula is C12H16O3. The molecular weight excluding hydrogens is 192 g/mol. The van der Waals surface area contributed by atoms with Crippen LogP contribution in [0.15, 0.2) is 30.3 Å². The Kier molecular flexibility index (Phi) is 4.84. The van der Waals surface area contributed by atoms with Gasteiger partial charge in [0.25, 0.3) is 0 Å². The molecule has 0 unspecified atom stereocenters. The van der Waals surface area contributed by atoms with Crippen molar-refractivity contribution < 1.29 is 14.6 Å². The fourth-order valence-electron chi connectivity index (χ4n) is 1.38. The van der Waals surface area contributed by atoms with Crippen LogP contribution in [0.3, 0.4) is 0 Å². The van der Waals surface area contributed by atoms with Crippen LogP contribution in [-0.4, -0.2) is 18.2 Å². The van der Waals surface area contributed by atoms with Crippen LogP contribution in [0.4, 0.5) is 0 Å². The average molecular weight is 208 g/mol. The largest absolute Gasteiger partial charge is 0.469 e. The highest BCUT2D eigenvalue weighted by Gasteiger charge is 2.08. The lowest BCUT2D eigenvalue weighted by molar-refractivity contribution is -0.140. The first kappa shape index (κ1) is 11.7. The average Bonchev–Trinajstić information content (AvgIpc) is 2.29. The molecule has 0 heterocycles. The summed E-state index contributed by atoms with van der Waals surface area (Å²) in [5.41, 5.74) is 0.891. The molecule has 0 fully saturated rings. The molecule has 3 nitrogen and oxygen atoms in total. The second kappa shape index (κ2) is 6.19. The number of ether oxygens (including phenoxy) is 1. The number of methoxy groups -OCH3 is 1. The molecule has 82 valence electrons. The summed E-state index contributed by atoms with van der Waals surface area (Å²) < 4.78 is 4.52. The molecule has 1 N–H and O–H groups in total. The van der Waals surface area contributed by atoms with Crippen molar-refractivity contribution in [3.63, 3.8) is 0 Å². The van der Waals surface area contributed by atoms with Crippen LogP contribution in [0.25, 0.3) is 0 Å². The van der Waals surface area contributed by atoms with Crippen molar-refractivity contribution in [2.45, 2.75) is 25.4 Å². The fraction of sp³-hybridized carbons (Fsp3) is 0.417. The molecule has 0 spiro atoms. The van der Waals surface area contributed by atoms with Crippen LogP contribution in [0.1, 0.15) is 30.9 Å². The Hall–Kier alpha value is -1.35. The lowest BCUT2D eigenvalue weighted by atomic mass is 10.0. The highest BCUT2D eigenvalue weighted by Crippen LogP contribution is 2.18. The van der Waals surface area contributed by atoms with E-state index in [1.54, 1.807) is 0 Å². The van der Waals surface area contributed by atoms with E-state index in [1.165, 1.54) is 7.11 Å². The number of aliphatic hydroxyl groups excluding tert-OH is 1. The highest BCUT2D eigenvalue weighted by atomic mass is 16.5. The second-order valence-electron chi connectivity index (χ2n) is 3.39. The number of esters is 1. The third-order valence-electron chi connectivity index (χ3n) is 2.27. The Morgan fingerprint density at radius 1 is 1.40 bits per heavy atom. The maximum atomic E-state index is 10.8. The topological polar surface area (TPSA) is 46.5 Å². The van der Waals surface area contributed by atoms with E-state index >= 15 is 0 Å². The van der Waals surface area contributed by atoms with Gasteiger partial charge in [0.1, 0.15) is 0 Å². The van der Waals surface area contributed by atoms with Gasteiger partial charge in [0, 0.05) is 6.42 Å². The van der Waals surface area contributed by atoms with E-state index in [0.29, 0.717) is 19.3 Å². The molecule has 3 heteroatoms. The van der Waals surface area contributed by atoms with Gasteiger partial charge in [-0.2, -0.15) is 0 Å². The number of carbonyl (C=O) groups excluding carboxylic acids is 1. The zero-order valence-electron chi connectivity index (χ0n) is 8.85. The number of hydrogen-bond acceptors (Lipinski definition) is 3. The minimum atomic E-state index is -0.490. The van der Waals surface area contributed by atoms with Gasteiger partial charge >= 0.3 is 5.97 Å². The fourth-order valence-corrected chi connectivity index (χ4v) is 1.38. The van der Waals surface area contributed by atoms with Gasteiger partial charge in [-0.25, -0.2) is 0 Å². The molecule has 0 amide bonds. The van der Waals surface area contributed by atoms with Crippen LogP contribution in [0.5, 0.6) is 0 Å². The summed E-state index contributed by atoms with van der Waals surface area (Å²) in [7, 11) is 1.37. The lowest BCUT2D eigenvalue weighted by Gasteiger charge is -2.09. The van der Waals surface area contributed by atoms with Gasteiger partial charge in [-0.05, 0) is 18.4 Å². The molecule has 0 aromatic heterocycles. The molecule has 1 atom stereocenters. The van der Waals surface area contributed by atoms with Gasteiger partial charge in [0.05, 0.1) is 13.2 Å². The van der Waals surface area contributed by atoms with Gasteiger partial charge in [-0.1, -0.05) is 30.3 Å². The van der Waals surface area contributed by atoms with E-state index in [-0.39, 0.29) is 5.97 Å². The molecule has 0 radical (unpaired) electrons. The van der Waals surface area contributed by atoms with Crippen LogP contribution < -0.4 is 0 Å². The molecule has 15 heavy (non-hydrogen) atoms. The molecule has 1 aromatic rings. The van der Waals surface area contributed by atoms with Crippen molar-refractivity contribution in [1.82, 2.24) is 0 Å². The maximum Gasteiger partial charge on any atom is 0.305 e. The first-order valence-electron chi connectivity index (χ1n) is 5.04. The predicted molar refractivity (Wildman–Crippen MR) is 57.3 cm³/mol. The SMILES string of the molecule is COC(=O)CCC[C@H](O)c1ccccc1. The van der Waals surface area contributed by atoms with Crippen LogP contribution in [0, 0.1) is 0 Å². The smallest absolute Gasteiger partial charge is 0.305 e. The van der Waals surface area contributed by atoms with Gasteiger partial charge < -0.3 is 9.84 Å². The first-order chi connectivity index (χ1) is 7.24. The van der Waals surface area contributed by atoms with E-state index < -0.39 is 6.10 Å².